The molecule has 1 aliphatic carbocycles. The maximum atomic E-state index is 14.7. The van der Waals surface area contributed by atoms with Gasteiger partial charge in [0.2, 0.25) is 29.5 Å². The number of piperidine rings is 1. The van der Waals surface area contributed by atoms with Gasteiger partial charge in [-0.3, -0.25) is 38.5 Å². The van der Waals surface area contributed by atoms with Crippen molar-refractivity contribution in [2.45, 2.75) is 154 Å². The van der Waals surface area contributed by atoms with Crippen LogP contribution in [0.5, 0.6) is 0 Å². The van der Waals surface area contributed by atoms with Crippen LogP contribution in [-0.4, -0.2) is 190 Å². The summed E-state index contributed by atoms with van der Waals surface area (Å²) in [6.07, 6.45) is 6.85. The molecule has 11 atom stereocenters. The zero-order chi connectivity index (χ0) is 55.2. The molecule has 22 nitrogen and oxygen atoms in total. The topological polar surface area (TPSA) is 261 Å². The normalized spacial score (nSPS) is 21.9. The predicted octanol–water partition coefficient (Wildman–Crippen LogP) is 2.38. The van der Waals surface area contributed by atoms with Gasteiger partial charge >= 0.3 is 5.97 Å². The Kier molecular flexibility index (Phi) is 21.6. The summed E-state index contributed by atoms with van der Waals surface area (Å²) in [6.45, 7) is 11.1. The molecule has 6 rings (SSSR count). The predicted molar refractivity (Wildman–Crippen MR) is 275 cm³/mol. The summed E-state index contributed by atoms with van der Waals surface area (Å²) in [7, 11) is 4.67. The van der Waals surface area contributed by atoms with E-state index in [1.165, 1.54) is 26.4 Å². The summed E-state index contributed by atoms with van der Waals surface area (Å²) in [5, 5.41) is 23.8. The smallest absolute Gasteiger partial charge is 0.326 e. The van der Waals surface area contributed by atoms with Gasteiger partial charge in [0.05, 0.1) is 88.8 Å². The number of ether oxygens (including phenoxy) is 4. The van der Waals surface area contributed by atoms with E-state index in [0.717, 1.165) is 23.3 Å². The second kappa shape index (κ2) is 27.8. The molecule has 7 amide bonds. The fourth-order valence-electron chi connectivity index (χ4n) is 11.4. The van der Waals surface area contributed by atoms with Crippen LogP contribution < -0.4 is 10.6 Å². The number of nitrogens with zero attached hydrogens (tertiary/aromatic N) is 7. The van der Waals surface area contributed by atoms with Crippen LogP contribution in [0.15, 0.2) is 48.7 Å². The van der Waals surface area contributed by atoms with Gasteiger partial charge in [0.1, 0.15) is 23.8 Å². The molecule has 3 unspecified atom stereocenters. The number of imide groups is 1. The zero-order valence-corrected chi connectivity index (χ0v) is 45.3. The zero-order valence-electron chi connectivity index (χ0n) is 45.3. The minimum Gasteiger partial charge on any atom is -0.480 e. The second-order valence-electron chi connectivity index (χ2n) is 20.9. The quantitative estimate of drug-likeness (QED) is 0.0750. The molecule has 1 aromatic carbocycles. The molecular formula is C54H79N9O13. The molecule has 76 heavy (non-hydrogen) atoms. The van der Waals surface area contributed by atoms with E-state index in [0.29, 0.717) is 51.1 Å². The van der Waals surface area contributed by atoms with Crippen molar-refractivity contribution >= 4 is 47.3 Å². The molecule has 22 heteroatoms. The van der Waals surface area contributed by atoms with Crippen LogP contribution in [0.4, 0.5) is 0 Å². The van der Waals surface area contributed by atoms with Gasteiger partial charge in [-0.15, -0.1) is 5.10 Å². The maximum Gasteiger partial charge on any atom is 0.326 e. The van der Waals surface area contributed by atoms with Gasteiger partial charge in [-0.25, -0.2) is 9.48 Å². The average molecular weight is 1060 g/mol. The summed E-state index contributed by atoms with van der Waals surface area (Å²) in [4.78, 5) is 113. The number of benzene rings is 1. The third kappa shape index (κ3) is 14.7. The molecule has 3 fully saturated rings. The van der Waals surface area contributed by atoms with Gasteiger partial charge < -0.3 is 49.4 Å². The number of hydrogen-bond acceptors (Lipinski definition) is 14. The van der Waals surface area contributed by atoms with E-state index in [1.54, 1.807) is 63.8 Å². The highest BCUT2D eigenvalue weighted by molar-refractivity contribution is 6.12. The van der Waals surface area contributed by atoms with Crippen molar-refractivity contribution in [1.29, 1.82) is 0 Å². The Morgan fingerprint density at radius 3 is 2.22 bits per heavy atom. The van der Waals surface area contributed by atoms with Crippen molar-refractivity contribution < 1.29 is 62.4 Å². The lowest BCUT2D eigenvalue weighted by atomic mass is 9.89. The van der Waals surface area contributed by atoms with Crippen molar-refractivity contribution in [1.82, 2.24) is 45.2 Å². The summed E-state index contributed by atoms with van der Waals surface area (Å²) in [6, 6.07) is 5.05. The molecule has 0 radical (unpaired) electrons. The van der Waals surface area contributed by atoms with E-state index in [9.17, 15) is 43.5 Å². The highest BCUT2D eigenvalue weighted by atomic mass is 16.5. The molecule has 1 aromatic heterocycles. The third-order valence-corrected chi connectivity index (χ3v) is 15.6. The number of carbonyl (C=O) groups is 8. The van der Waals surface area contributed by atoms with E-state index < -0.39 is 72.0 Å². The summed E-state index contributed by atoms with van der Waals surface area (Å²) < 4.78 is 25.0. The number of nitrogens with one attached hydrogen (secondary N) is 2. The lowest BCUT2D eigenvalue weighted by Gasteiger charge is -2.41. The minimum atomic E-state index is -1.16. The molecule has 2 bridgehead atoms. The average Bonchev–Trinajstić information content (AvgIpc) is 4.28. The number of carboxylic acids is 1. The number of aliphatic carboxylic acids is 1. The van der Waals surface area contributed by atoms with Gasteiger partial charge in [0.25, 0.3) is 11.8 Å². The number of likely N-dealkylation sites (tertiary alicyclic amines) is 2. The number of aromatic nitrogens is 3. The molecule has 418 valence electrons. The SMILES string of the molecule is CC[C@H](C)[C@@H]([C@@H](CC(=O)N1CCCC1[C@H](OC)[C@@H](C)C(=O)NC(Cc1ccccc1)C(=O)O)OC)N(C)C(=O)C(NC(=O)[C@@H]1[C@H]2CC[C@H](C2)N1C(=O)CCOCCOCCn1cc(CN2C(=O)C=CC2=O)nn1)C(C)C. The minimum absolute atomic E-state index is 0.0304. The first-order chi connectivity index (χ1) is 36.4. The van der Waals surface area contributed by atoms with Gasteiger partial charge in [-0.2, -0.15) is 0 Å². The molecule has 0 spiro atoms. The van der Waals surface area contributed by atoms with Crippen LogP contribution in [0.1, 0.15) is 97.2 Å². The van der Waals surface area contributed by atoms with E-state index in [4.69, 9.17) is 18.9 Å². The second-order valence-corrected chi connectivity index (χ2v) is 20.9. The summed E-state index contributed by atoms with van der Waals surface area (Å²) >= 11 is 0. The van der Waals surface area contributed by atoms with Gasteiger partial charge in [-0.05, 0) is 55.4 Å². The Morgan fingerprint density at radius 1 is 0.882 bits per heavy atom. The van der Waals surface area contributed by atoms with Crippen LogP contribution in [0.2, 0.25) is 0 Å². The van der Waals surface area contributed by atoms with Gasteiger partial charge in [-0.1, -0.05) is 76.6 Å². The highest BCUT2D eigenvalue weighted by Crippen LogP contribution is 2.43. The third-order valence-electron chi connectivity index (χ3n) is 15.6. The van der Waals surface area contributed by atoms with Crippen molar-refractivity contribution in [3.05, 3.63) is 59.9 Å². The molecule has 2 saturated heterocycles. The number of carbonyl (C=O) groups excluding carboxylic acids is 7. The Morgan fingerprint density at radius 2 is 1.58 bits per heavy atom. The number of amides is 7. The summed E-state index contributed by atoms with van der Waals surface area (Å²) in [5.74, 6) is -4.92. The Labute approximate surface area is 445 Å². The Bertz CT molecular complexity index is 2350. The number of fused-ring (bicyclic) bond motifs is 2. The standard InChI is InChI=1S/C54H79N9O13/c1-9-34(4)48(42(73-7)30-46(67)61-22-13-16-41(61)50(74-8)35(5)51(68)55-40(54(71)72)28-36-14-11-10-12-15-36)59(6)53(70)47(33(2)3)56-52(69)49-37-17-18-39(29-37)63(49)45(66)21-24-75-26-27-76-25-23-60-31-38(57-58-60)32-62-43(64)19-20-44(62)65/h10-12,14-15,19-20,31,33-35,37,39-42,47-50H,9,13,16-18,21-30,32H2,1-8H3,(H,55,68)(H,56,69)(H,71,72)/t34-,35+,37-,39+,40?,41?,42+,47?,48-,49-,50+/m0/s1. The van der Waals surface area contributed by atoms with Crippen LogP contribution in [0, 0.1) is 23.7 Å². The van der Waals surface area contributed by atoms with E-state index in [2.05, 4.69) is 20.9 Å². The number of likely N-dealkylation sites (N-methyl/N-ethyl adjacent to an activating group) is 1. The molecule has 3 N–H and O–H groups in total. The summed E-state index contributed by atoms with van der Waals surface area (Å²) in [5.41, 5.74) is 1.23. The monoisotopic (exact) mass is 1060 g/mol. The highest BCUT2D eigenvalue weighted by Gasteiger charge is 2.52. The molecular weight excluding hydrogens is 983 g/mol. The van der Waals surface area contributed by atoms with Crippen molar-refractivity contribution in [3.63, 3.8) is 0 Å². The lowest BCUT2D eigenvalue weighted by Crippen LogP contribution is -2.60. The fraction of sp³-hybridized carbons (Fsp3) is 0.667. The van der Waals surface area contributed by atoms with Crippen LogP contribution in [0.3, 0.4) is 0 Å². The molecule has 4 aliphatic rings. The number of hydrogen-bond donors (Lipinski definition) is 3. The molecule has 4 heterocycles. The number of rotatable bonds is 30. The Hall–Kier alpha value is -6.10. The van der Waals surface area contributed by atoms with Gasteiger partial charge in [0, 0.05) is 52.4 Å². The van der Waals surface area contributed by atoms with E-state index in [1.807, 2.05) is 33.8 Å². The van der Waals surface area contributed by atoms with E-state index in [-0.39, 0.29) is 93.1 Å². The Balaban J connectivity index is 1.00. The van der Waals surface area contributed by atoms with Crippen molar-refractivity contribution in [2.24, 2.45) is 23.7 Å². The van der Waals surface area contributed by atoms with Crippen LogP contribution in [0.25, 0.3) is 0 Å². The molecule has 2 aromatic rings. The van der Waals surface area contributed by atoms with Crippen LogP contribution in [-0.2, 0) is 76.8 Å². The first-order valence-corrected chi connectivity index (χ1v) is 26.8. The van der Waals surface area contributed by atoms with Crippen LogP contribution >= 0.6 is 0 Å². The maximum absolute atomic E-state index is 14.7. The van der Waals surface area contributed by atoms with E-state index >= 15 is 0 Å². The van der Waals surface area contributed by atoms with Gasteiger partial charge in [0.15, 0.2) is 0 Å². The lowest BCUT2D eigenvalue weighted by molar-refractivity contribution is -0.149. The first-order valence-electron chi connectivity index (χ1n) is 26.8. The number of carboxylic acid groups (broad SMARTS) is 1. The number of methoxy groups -OCH3 is 2. The largest absolute Gasteiger partial charge is 0.480 e. The molecule has 3 aliphatic heterocycles. The van der Waals surface area contributed by atoms with Crippen molar-refractivity contribution in [2.75, 3.05) is 54.2 Å². The molecule has 1 saturated carbocycles. The first kappa shape index (κ1) is 59.1. The van der Waals surface area contributed by atoms with Crippen molar-refractivity contribution in [3.8, 4) is 0 Å². The fourth-order valence-corrected chi connectivity index (χ4v) is 11.4.